The standard InChI is InChI=1S/C13H16F3NO3/c1-8-4-3-5-10(6-18)11(8)20-7-9(2)17-12(19)13(14,15)16/h3-5,9,18H,6-7H2,1-2H3,(H,17,19). The first-order valence-corrected chi connectivity index (χ1v) is 5.95. The van der Waals surface area contributed by atoms with E-state index in [1.165, 1.54) is 6.92 Å². The molecule has 1 rings (SSSR count). The van der Waals surface area contributed by atoms with Gasteiger partial charge in [0.1, 0.15) is 12.4 Å². The van der Waals surface area contributed by atoms with E-state index in [-0.39, 0.29) is 13.2 Å². The highest BCUT2D eigenvalue weighted by atomic mass is 19.4. The third-order valence-electron chi connectivity index (χ3n) is 2.58. The lowest BCUT2D eigenvalue weighted by atomic mass is 10.1. The predicted molar refractivity (Wildman–Crippen MR) is 66.3 cm³/mol. The second kappa shape index (κ2) is 6.60. The van der Waals surface area contributed by atoms with Gasteiger partial charge < -0.3 is 15.2 Å². The normalized spacial score (nSPS) is 12.9. The van der Waals surface area contributed by atoms with Crippen molar-refractivity contribution in [2.24, 2.45) is 0 Å². The van der Waals surface area contributed by atoms with Gasteiger partial charge in [0.25, 0.3) is 0 Å². The molecule has 0 bridgehead atoms. The summed E-state index contributed by atoms with van der Waals surface area (Å²) in [6, 6.07) is 4.34. The van der Waals surface area contributed by atoms with Crippen molar-refractivity contribution in [1.82, 2.24) is 5.32 Å². The molecule has 0 aliphatic carbocycles. The van der Waals surface area contributed by atoms with E-state index in [9.17, 15) is 18.0 Å². The largest absolute Gasteiger partial charge is 0.491 e. The Morgan fingerprint density at radius 3 is 2.65 bits per heavy atom. The SMILES string of the molecule is Cc1cccc(CO)c1OCC(C)NC(=O)C(F)(F)F. The number of alkyl halides is 3. The topological polar surface area (TPSA) is 58.6 Å². The Morgan fingerprint density at radius 1 is 1.45 bits per heavy atom. The molecular weight excluding hydrogens is 275 g/mol. The zero-order chi connectivity index (χ0) is 15.3. The molecule has 0 radical (unpaired) electrons. The summed E-state index contributed by atoms with van der Waals surface area (Å²) in [5, 5.41) is 11.0. The van der Waals surface area contributed by atoms with Crippen molar-refractivity contribution in [3.8, 4) is 5.75 Å². The highest BCUT2D eigenvalue weighted by molar-refractivity contribution is 5.81. The molecule has 0 heterocycles. The van der Waals surface area contributed by atoms with E-state index in [1.807, 2.05) is 0 Å². The Balaban J connectivity index is 2.62. The fourth-order valence-corrected chi connectivity index (χ4v) is 1.60. The number of benzene rings is 1. The highest BCUT2D eigenvalue weighted by Gasteiger charge is 2.39. The molecule has 0 aliphatic heterocycles. The van der Waals surface area contributed by atoms with Crippen molar-refractivity contribution in [3.63, 3.8) is 0 Å². The van der Waals surface area contributed by atoms with Crippen molar-refractivity contribution < 1.29 is 27.8 Å². The van der Waals surface area contributed by atoms with Crippen LogP contribution >= 0.6 is 0 Å². The smallest absolute Gasteiger partial charge is 0.471 e. The summed E-state index contributed by atoms with van der Waals surface area (Å²) in [5.74, 6) is -1.58. The predicted octanol–water partition coefficient (Wildman–Crippen LogP) is 1.93. The van der Waals surface area contributed by atoms with Gasteiger partial charge in [-0.1, -0.05) is 18.2 Å². The summed E-state index contributed by atoms with van der Waals surface area (Å²) in [7, 11) is 0. The second-order valence-electron chi connectivity index (χ2n) is 4.40. The molecule has 20 heavy (non-hydrogen) atoms. The molecule has 0 aromatic heterocycles. The molecule has 1 unspecified atom stereocenters. The van der Waals surface area contributed by atoms with Crippen molar-refractivity contribution >= 4 is 5.91 Å². The molecule has 0 aliphatic rings. The maximum Gasteiger partial charge on any atom is 0.471 e. The number of ether oxygens (including phenoxy) is 1. The Labute approximate surface area is 114 Å². The lowest BCUT2D eigenvalue weighted by Gasteiger charge is -2.18. The number of rotatable bonds is 5. The molecule has 0 saturated heterocycles. The monoisotopic (exact) mass is 291 g/mol. The van der Waals surface area contributed by atoms with E-state index in [1.54, 1.807) is 30.4 Å². The minimum atomic E-state index is -4.91. The fourth-order valence-electron chi connectivity index (χ4n) is 1.60. The number of hydrogen-bond donors (Lipinski definition) is 2. The minimum Gasteiger partial charge on any atom is -0.491 e. The van der Waals surface area contributed by atoms with Crippen LogP contribution in [0.1, 0.15) is 18.1 Å². The Kier molecular flexibility index (Phi) is 5.38. The molecule has 1 aromatic rings. The van der Waals surface area contributed by atoms with Gasteiger partial charge in [-0.2, -0.15) is 13.2 Å². The number of carbonyl (C=O) groups is 1. The Hall–Kier alpha value is -1.76. The van der Waals surface area contributed by atoms with Crippen molar-refractivity contribution in [3.05, 3.63) is 29.3 Å². The van der Waals surface area contributed by atoms with Gasteiger partial charge >= 0.3 is 12.1 Å². The van der Waals surface area contributed by atoms with E-state index in [0.29, 0.717) is 11.3 Å². The molecule has 1 atom stereocenters. The zero-order valence-corrected chi connectivity index (χ0v) is 11.1. The number of amides is 1. The third-order valence-corrected chi connectivity index (χ3v) is 2.58. The number of para-hydroxylation sites is 1. The number of carbonyl (C=O) groups excluding carboxylic acids is 1. The summed E-state index contributed by atoms with van der Waals surface area (Å²) < 4.78 is 41.6. The maximum atomic E-state index is 12.1. The van der Waals surface area contributed by atoms with Gasteiger partial charge in [0.05, 0.1) is 12.6 Å². The van der Waals surface area contributed by atoms with Crippen LogP contribution < -0.4 is 10.1 Å². The molecule has 0 spiro atoms. The van der Waals surface area contributed by atoms with E-state index >= 15 is 0 Å². The van der Waals surface area contributed by atoms with Gasteiger partial charge in [-0.05, 0) is 19.4 Å². The number of aryl methyl sites for hydroxylation is 1. The van der Waals surface area contributed by atoms with Crippen LogP contribution in [-0.2, 0) is 11.4 Å². The number of nitrogens with one attached hydrogen (secondary N) is 1. The van der Waals surface area contributed by atoms with Gasteiger partial charge in [-0.3, -0.25) is 4.79 Å². The summed E-state index contributed by atoms with van der Waals surface area (Å²) in [6.45, 7) is 2.80. The van der Waals surface area contributed by atoms with Gasteiger partial charge in [0, 0.05) is 5.56 Å². The van der Waals surface area contributed by atoms with Gasteiger partial charge in [-0.25, -0.2) is 0 Å². The summed E-state index contributed by atoms with van der Waals surface area (Å²) in [5.41, 5.74) is 1.30. The molecule has 0 fully saturated rings. The summed E-state index contributed by atoms with van der Waals surface area (Å²) in [6.07, 6.45) is -4.91. The number of hydrogen-bond acceptors (Lipinski definition) is 3. The van der Waals surface area contributed by atoms with Crippen LogP contribution in [0.25, 0.3) is 0 Å². The first-order chi connectivity index (χ1) is 9.25. The first-order valence-electron chi connectivity index (χ1n) is 5.95. The third kappa shape index (κ3) is 4.41. The molecule has 1 aromatic carbocycles. The molecule has 2 N–H and O–H groups in total. The van der Waals surface area contributed by atoms with Crippen LogP contribution in [0.2, 0.25) is 0 Å². The summed E-state index contributed by atoms with van der Waals surface area (Å²) >= 11 is 0. The second-order valence-corrected chi connectivity index (χ2v) is 4.40. The van der Waals surface area contributed by atoms with Crippen molar-refractivity contribution in [2.75, 3.05) is 6.61 Å². The first kappa shape index (κ1) is 16.3. The number of aliphatic hydroxyl groups is 1. The molecule has 4 nitrogen and oxygen atoms in total. The average molecular weight is 291 g/mol. The van der Waals surface area contributed by atoms with Gasteiger partial charge in [0.2, 0.25) is 0 Å². The fraction of sp³-hybridized carbons (Fsp3) is 0.462. The molecule has 7 heteroatoms. The lowest BCUT2D eigenvalue weighted by Crippen LogP contribution is -2.44. The van der Waals surface area contributed by atoms with Gasteiger partial charge in [0.15, 0.2) is 0 Å². The van der Waals surface area contributed by atoms with E-state index in [2.05, 4.69) is 0 Å². The Morgan fingerprint density at radius 2 is 2.10 bits per heavy atom. The molecule has 1 amide bonds. The number of aliphatic hydroxyl groups excluding tert-OH is 1. The van der Waals surface area contributed by atoms with Crippen LogP contribution in [0, 0.1) is 6.92 Å². The quantitative estimate of drug-likeness (QED) is 0.871. The van der Waals surface area contributed by atoms with Crippen LogP contribution in [0.3, 0.4) is 0 Å². The molecular formula is C13H16F3NO3. The van der Waals surface area contributed by atoms with Crippen LogP contribution in [0.4, 0.5) is 13.2 Å². The van der Waals surface area contributed by atoms with E-state index in [0.717, 1.165) is 5.56 Å². The lowest BCUT2D eigenvalue weighted by molar-refractivity contribution is -0.174. The average Bonchev–Trinajstić information content (AvgIpc) is 2.35. The number of halogens is 3. The Bertz CT molecular complexity index is 474. The summed E-state index contributed by atoms with van der Waals surface area (Å²) in [4.78, 5) is 10.7. The van der Waals surface area contributed by atoms with Crippen LogP contribution in [0.15, 0.2) is 18.2 Å². The highest BCUT2D eigenvalue weighted by Crippen LogP contribution is 2.23. The van der Waals surface area contributed by atoms with E-state index < -0.39 is 18.1 Å². The van der Waals surface area contributed by atoms with Crippen molar-refractivity contribution in [1.29, 1.82) is 0 Å². The maximum absolute atomic E-state index is 12.1. The molecule has 112 valence electrons. The zero-order valence-electron chi connectivity index (χ0n) is 11.1. The minimum absolute atomic E-state index is 0.125. The molecule has 0 saturated carbocycles. The van der Waals surface area contributed by atoms with Crippen molar-refractivity contribution in [2.45, 2.75) is 32.7 Å². The van der Waals surface area contributed by atoms with E-state index in [4.69, 9.17) is 9.84 Å². The van der Waals surface area contributed by atoms with Gasteiger partial charge in [-0.15, -0.1) is 0 Å². The van der Waals surface area contributed by atoms with Crippen LogP contribution in [-0.4, -0.2) is 29.8 Å². The van der Waals surface area contributed by atoms with Crippen LogP contribution in [0.5, 0.6) is 5.75 Å².